The molecule has 0 radical (unpaired) electrons. The summed E-state index contributed by atoms with van der Waals surface area (Å²) in [4.78, 5) is 11.5. The molecule has 0 fully saturated rings. The highest BCUT2D eigenvalue weighted by atomic mass is 16.5. The molecule has 0 saturated heterocycles. The first-order chi connectivity index (χ1) is 8.28. The van der Waals surface area contributed by atoms with Gasteiger partial charge in [0.2, 0.25) is 0 Å². The van der Waals surface area contributed by atoms with Crippen molar-refractivity contribution in [3.05, 3.63) is 52.7 Å². The number of hydrogen-bond donors (Lipinski definition) is 0. The molecular formula is C14H10O3. The number of methoxy groups -OCH3 is 1. The van der Waals surface area contributed by atoms with Gasteiger partial charge >= 0.3 is 0 Å². The summed E-state index contributed by atoms with van der Waals surface area (Å²) in [5.74, 6) is 1.09. The molecule has 0 saturated carbocycles. The molecule has 2 aliphatic rings. The van der Waals surface area contributed by atoms with E-state index in [2.05, 4.69) is 0 Å². The lowest BCUT2D eigenvalue weighted by molar-refractivity contribution is 0.414. The second-order valence-electron chi connectivity index (χ2n) is 3.82. The molecule has 1 aromatic rings. The van der Waals surface area contributed by atoms with Crippen molar-refractivity contribution in [3.63, 3.8) is 0 Å². The molecule has 1 aliphatic carbocycles. The van der Waals surface area contributed by atoms with Gasteiger partial charge < -0.3 is 9.15 Å². The number of fused-ring (bicyclic) bond motifs is 2. The van der Waals surface area contributed by atoms with E-state index in [1.54, 1.807) is 7.11 Å². The van der Waals surface area contributed by atoms with Gasteiger partial charge in [0.15, 0.2) is 5.43 Å². The minimum atomic E-state index is -0.117. The van der Waals surface area contributed by atoms with Crippen LogP contribution in [0.5, 0.6) is 5.75 Å². The molecule has 3 rings (SSSR count). The molecule has 0 aromatic heterocycles. The summed E-state index contributed by atoms with van der Waals surface area (Å²) in [6.07, 6.45) is 0. The van der Waals surface area contributed by atoms with Crippen molar-refractivity contribution in [2.75, 3.05) is 7.11 Å². The highest BCUT2D eigenvalue weighted by molar-refractivity contribution is 5.84. The van der Waals surface area contributed by atoms with Crippen LogP contribution in [0, 0.1) is 0 Å². The van der Waals surface area contributed by atoms with Gasteiger partial charge in [-0.25, -0.2) is 0 Å². The molecule has 3 nitrogen and oxygen atoms in total. The molecule has 1 heterocycles. The number of rotatable bonds is 1. The van der Waals surface area contributed by atoms with Crippen LogP contribution in [-0.4, -0.2) is 7.11 Å². The summed E-state index contributed by atoms with van der Waals surface area (Å²) in [5, 5.41) is 0.983. The van der Waals surface area contributed by atoms with E-state index < -0.39 is 0 Å². The Hall–Kier alpha value is -2.29. The Labute approximate surface area is 97.6 Å². The van der Waals surface area contributed by atoms with Gasteiger partial charge in [0.25, 0.3) is 0 Å². The molecule has 17 heavy (non-hydrogen) atoms. The van der Waals surface area contributed by atoms with Crippen molar-refractivity contribution < 1.29 is 9.15 Å². The molecule has 0 unspecified atom stereocenters. The standard InChI is InChI=1S/C14H10O3/c1-16-13-7-10(15)8-14-11(13)6-9-4-2-3-5-12(9)17-14/h2-8H,1H3. The van der Waals surface area contributed by atoms with Gasteiger partial charge in [-0.3, -0.25) is 4.79 Å². The van der Waals surface area contributed by atoms with E-state index in [9.17, 15) is 4.79 Å². The van der Waals surface area contributed by atoms with Gasteiger partial charge in [-0.05, 0) is 12.1 Å². The summed E-state index contributed by atoms with van der Waals surface area (Å²) in [6, 6.07) is 12.6. The molecule has 1 aromatic carbocycles. The van der Waals surface area contributed by atoms with Gasteiger partial charge in [-0.1, -0.05) is 18.2 Å². The first-order valence-corrected chi connectivity index (χ1v) is 5.28. The summed E-state index contributed by atoms with van der Waals surface area (Å²) in [6.45, 7) is 0. The fourth-order valence-electron chi connectivity index (χ4n) is 1.94. The fourth-order valence-corrected chi connectivity index (χ4v) is 1.94. The van der Waals surface area contributed by atoms with Crippen molar-refractivity contribution in [2.24, 2.45) is 0 Å². The van der Waals surface area contributed by atoms with Crippen molar-refractivity contribution in [2.45, 2.75) is 0 Å². The number of ether oxygens (including phenoxy) is 1. The van der Waals surface area contributed by atoms with E-state index in [4.69, 9.17) is 9.15 Å². The minimum absolute atomic E-state index is 0.117. The number of benzene rings is 2. The molecule has 3 heteroatoms. The van der Waals surface area contributed by atoms with Gasteiger partial charge in [0.1, 0.15) is 17.1 Å². The molecule has 0 spiro atoms. The Bertz CT molecular complexity index is 712. The van der Waals surface area contributed by atoms with Crippen LogP contribution in [0.2, 0.25) is 0 Å². The average molecular weight is 226 g/mol. The molecule has 0 N–H and O–H groups in total. The van der Waals surface area contributed by atoms with Crippen LogP contribution < -0.4 is 10.2 Å². The Morgan fingerprint density at radius 2 is 1.94 bits per heavy atom. The Morgan fingerprint density at radius 3 is 2.76 bits per heavy atom. The third-order valence-electron chi connectivity index (χ3n) is 2.74. The summed E-state index contributed by atoms with van der Waals surface area (Å²) < 4.78 is 10.9. The smallest absolute Gasteiger partial charge is 0.186 e. The Morgan fingerprint density at radius 1 is 1.12 bits per heavy atom. The number of para-hydroxylation sites is 1. The molecule has 0 bridgehead atoms. The normalized spacial score (nSPS) is 10.9. The zero-order chi connectivity index (χ0) is 11.8. The van der Waals surface area contributed by atoms with E-state index in [1.165, 1.54) is 12.1 Å². The third-order valence-corrected chi connectivity index (χ3v) is 2.74. The van der Waals surface area contributed by atoms with Gasteiger partial charge in [-0.2, -0.15) is 0 Å². The van der Waals surface area contributed by atoms with Crippen molar-refractivity contribution in [1.82, 2.24) is 0 Å². The highest BCUT2D eigenvalue weighted by Crippen LogP contribution is 2.33. The maximum absolute atomic E-state index is 11.5. The van der Waals surface area contributed by atoms with E-state index in [0.29, 0.717) is 11.5 Å². The van der Waals surface area contributed by atoms with E-state index >= 15 is 0 Å². The third kappa shape index (κ3) is 1.56. The van der Waals surface area contributed by atoms with Crippen molar-refractivity contribution in [1.29, 1.82) is 0 Å². The Kier molecular flexibility index (Phi) is 2.11. The SMILES string of the molecule is COc1cc(=O)cc2oc3ccccc3cc1-2. The second-order valence-corrected chi connectivity index (χ2v) is 3.82. The first kappa shape index (κ1) is 9.90. The molecule has 0 amide bonds. The Balaban J connectivity index is 2.47. The fraction of sp³-hybridized carbons (Fsp3) is 0.0714. The van der Waals surface area contributed by atoms with E-state index in [1.807, 2.05) is 30.3 Å². The summed E-state index contributed by atoms with van der Waals surface area (Å²) in [5.41, 5.74) is 1.45. The van der Waals surface area contributed by atoms with Crippen LogP contribution in [0.15, 0.2) is 51.7 Å². The topological polar surface area (TPSA) is 39.4 Å². The first-order valence-electron chi connectivity index (χ1n) is 5.28. The van der Waals surface area contributed by atoms with Crippen LogP contribution in [0.25, 0.3) is 22.3 Å². The minimum Gasteiger partial charge on any atom is -0.496 e. The van der Waals surface area contributed by atoms with Gasteiger partial charge in [-0.15, -0.1) is 0 Å². The van der Waals surface area contributed by atoms with Crippen LogP contribution >= 0.6 is 0 Å². The maximum Gasteiger partial charge on any atom is 0.186 e. The van der Waals surface area contributed by atoms with Crippen LogP contribution in [0.3, 0.4) is 0 Å². The monoisotopic (exact) mass is 226 g/mol. The van der Waals surface area contributed by atoms with Crippen molar-refractivity contribution >= 4 is 11.0 Å². The highest BCUT2D eigenvalue weighted by Gasteiger charge is 2.13. The van der Waals surface area contributed by atoms with Crippen molar-refractivity contribution in [3.8, 4) is 17.1 Å². The van der Waals surface area contributed by atoms with Gasteiger partial charge in [0.05, 0.1) is 12.7 Å². The van der Waals surface area contributed by atoms with Crippen LogP contribution in [0.4, 0.5) is 0 Å². The number of hydrogen-bond acceptors (Lipinski definition) is 3. The van der Waals surface area contributed by atoms with Crippen LogP contribution in [-0.2, 0) is 0 Å². The van der Waals surface area contributed by atoms with Crippen LogP contribution in [0.1, 0.15) is 0 Å². The van der Waals surface area contributed by atoms with E-state index in [0.717, 1.165) is 16.5 Å². The lowest BCUT2D eigenvalue weighted by Crippen LogP contribution is -2.01. The summed E-state index contributed by atoms with van der Waals surface area (Å²) >= 11 is 0. The lowest BCUT2D eigenvalue weighted by Gasteiger charge is -2.10. The predicted octanol–water partition coefficient (Wildman–Crippen LogP) is 2.91. The second kappa shape index (κ2) is 3.63. The predicted molar refractivity (Wildman–Crippen MR) is 65.7 cm³/mol. The molecule has 1 aliphatic heterocycles. The van der Waals surface area contributed by atoms with E-state index in [-0.39, 0.29) is 5.43 Å². The molecular weight excluding hydrogens is 216 g/mol. The van der Waals surface area contributed by atoms with Gasteiger partial charge in [0, 0.05) is 17.5 Å². The summed E-state index contributed by atoms with van der Waals surface area (Å²) in [7, 11) is 1.55. The zero-order valence-corrected chi connectivity index (χ0v) is 9.27. The largest absolute Gasteiger partial charge is 0.496 e. The maximum atomic E-state index is 11.5. The zero-order valence-electron chi connectivity index (χ0n) is 9.27. The average Bonchev–Trinajstić information content (AvgIpc) is 2.35. The quantitative estimate of drug-likeness (QED) is 0.599. The lowest BCUT2D eigenvalue weighted by atomic mass is 10.1. The molecule has 84 valence electrons. The molecule has 0 atom stereocenters.